The van der Waals surface area contributed by atoms with Crippen molar-refractivity contribution in [3.05, 3.63) is 34.3 Å². The van der Waals surface area contributed by atoms with Crippen molar-refractivity contribution in [2.24, 2.45) is 5.73 Å². The number of aliphatic hydroxyl groups is 1. The fourth-order valence-corrected chi connectivity index (χ4v) is 3.91. The van der Waals surface area contributed by atoms with Crippen LogP contribution in [0.5, 0.6) is 0 Å². The molecule has 0 radical (unpaired) electrons. The van der Waals surface area contributed by atoms with Crippen LogP contribution in [0.3, 0.4) is 0 Å². The Morgan fingerprint density at radius 3 is 2.62 bits per heavy atom. The van der Waals surface area contributed by atoms with E-state index in [1.165, 1.54) is 5.56 Å². The summed E-state index contributed by atoms with van der Waals surface area (Å²) < 4.78 is 1.07. The first-order valence-corrected chi connectivity index (χ1v) is 8.68. The van der Waals surface area contributed by atoms with Gasteiger partial charge in [0.05, 0.1) is 5.60 Å². The molecule has 3 nitrogen and oxygen atoms in total. The average Bonchev–Trinajstić information content (AvgIpc) is 2.85. The molecule has 118 valence electrons. The van der Waals surface area contributed by atoms with Gasteiger partial charge in [0.25, 0.3) is 0 Å². The van der Waals surface area contributed by atoms with Crippen molar-refractivity contribution >= 4 is 15.9 Å². The first kappa shape index (κ1) is 16.9. The molecule has 1 aliphatic carbocycles. The van der Waals surface area contributed by atoms with Crippen molar-refractivity contribution in [2.75, 3.05) is 13.6 Å². The molecule has 21 heavy (non-hydrogen) atoms. The summed E-state index contributed by atoms with van der Waals surface area (Å²) in [6.45, 7) is 2.81. The fraction of sp³-hybridized carbons (Fsp3) is 0.647. The zero-order valence-corrected chi connectivity index (χ0v) is 14.6. The number of hydrogen-bond donors (Lipinski definition) is 2. The van der Waals surface area contributed by atoms with Gasteiger partial charge in [-0.1, -0.05) is 47.8 Å². The van der Waals surface area contributed by atoms with Crippen molar-refractivity contribution in [3.8, 4) is 0 Å². The summed E-state index contributed by atoms with van der Waals surface area (Å²) in [6, 6.07) is 8.54. The van der Waals surface area contributed by atoms with Gasteiger partial charge in [0.1, 0.15) is 0 Å². The summed E-state index contributed by atoms with van der Waals surface area (Å²) in [4.78, 5) is 2.24. The SMILES string of the molecule is CCC(N)C(c1cccc(Br)c1)N(C)CC1(O)CCCC1. The summed E-state index contributed by atoms with van der Waals surface area (Å²) >= 11 is 3.54. The molecule has 2 rings (SSSR count). The van der Waals surface area contributed by atoms with Gasteiger partial charge >= 0.3 is 0 Å². The zero-order chi connectivity index (χ0) is 15.5. The molecular weight excluding hydrogens is 328 g/mol. The topological polar surface area (TPSA) is 49.5 Å². The highest BCUT2D eigenvalue weighted by Crippen LogP contribution is 2.33. The monoisotopic (exact) mass is 354 g/mol. The maximum Gasteiger partial charge on any atom is 0.0774 e. The normalized spacial score (nSPS) is 20.7. The third kappa shape index (κ3) is 4.28. The molecule has 2 atom stereocenters. The molecule has 0 amide bonds. The molecule has 1 aromatic rings. The van der Waals surface area contributed by atoms with Gasteiger partial charge in [0.15, 0.2) is 0 Å². The third-order valence-electron chi connectivity index (χ3n) is 4.62. The molecule has 1 saturated carbocycles. The Kier molecular flexibility index (Phi) is 5.83. The summed E-state index contributed by atoms with van der Waals surface area (Å²) in [6.07, 6.45) is 4.99. The van der Waals surface area contributed by atoms with E-state index in [2.05, 4.69) is 46.9 Å². The molecule has 0 heterocycles. The van der Waals surface area contributed by atoms with Crippen molar-refractivity contribution in [1.29, 1.82) is 0 Å². The second-order valence-corrected chi connectivity index (χ2v) is 7.33. The minimum absolute atomic E-state index is 0.0642. The van der Waals surface area contributed by atoms with E-state index in [9.17, 15) is 5.11 Å². The Hall–Kier alpha value is -0.420. The highest BCUT2D eigenvalue weighted by molar-refractivity contribution is 9.10. The third-order valence-corrected chi connectivity index (χ3v) is 5.11. The van der Waals surface area contributed by atoms with E-state index in [4.69, 9.17) is 5.73 Å². The molecule has 1 aromatic carbocycles. The predicted octanol–water partition coefficient (Wildman–Crippen LogP) is 3.46. The summed E-state index contributed by atoms with van der Waals surface area (Å²) in [5.74, 6) is 0. The van der Waals surface area contributed by atoms with Crippen LogP contribution >= 0.6 is 15.9 Å². The number of nitrogens with two attached hydrogens (primary N) is 1. The first-order valence-electron chi connectivity index (χ1n) is 7.89. The summed E-state index contributed by atoms with van der Waals surface area (Å²) in [5, 5.41) is 10.7. The second-order valence-electron chi connectivity index (χ2n) is 6.42. The van der Waals surface area contributed by atoms with E-state index in [0.29, 0.717) is 6.54 Å². The van der Waals surface area contributed by atoms with Crippen molar-refractivity contribution in [2.45, 2.75) is 56.7 Å². The van der Waals surface area contributed by atoms with Crippen LogP contribution in [0.2, 0.25) is 0 Å². The Bertz CT molecular complexity index is 460. The molecule has 0 aromatic heterocycles. The van der Waals surface area contributed by atoms with Crippen LogP contribution in [-0.2, 0) is 0 Å². The lowest BCUT2D eigenvalue weighted by Crippen LogP contribution is -2.46. The molecule has 0 saturated heterocycles. The lowest BCUT2D eigenvalue weighted by Gasteiger charge is -2.37. The van der Waals surface area contributed by atoms with Gasteiger partial charge in [0.2, 0.25) is 0 Å². The van der Waals surface area contributed by atoms with E-state index in [1.807, 2.05) is 12.1 Å². The Labute approximate surface area is 136 Å². The summed E-state index contributed by atoms with van der Waals surface area (Å²) in [7, 11) is 2.08. The highest BCUT2D eigenvalue weighted by Gasteiger charge is 2.35. The molecule has 4 heteroatoms. The molecule has 0 aliphatic heterocycles. The number of likely N-dealkylation sites (N-methyl/N-ethyl adjacent to an activating group) is 1. The smallest absolute Gasteiger partial charge is 0.0774 e. The van der Waals surface area contributed by atoms with Crippen LogP contribution < -0.4 is 5.73 Å². The van der Waals surface area contributed by atoms with Gasteiger partial charge in [-0.25, -0.2) is 0 Å². The number of hydrogen-bond acceptors (Lipinski definition) is 3. The van der Waals surface area contributed by atoms with E-state index in [0.717, 1.165) is 36.6 Å². The van der Waals surface area contributed by atoms with Gasteiger partial charge < -0.3 is 10.8 Å². The van der Waals surface area contributed by atoms with E-state index in [1.54, 1.807) is 0 Å². The van der Waals surface area contributed by atoms with E-state index < -0.39 is 5.60 Å². The lowest BCUT2D eigenvalue weighted by molar-refractivity contribution is 0.00164. The predicted molar refractivity (Wildman–Crippen MR) is 91.2 cm³/mol. The molecule has 0 spiro atoms. The van der Waals surface area contributed by atoms with Crippen LogP contribution in [0, 0.1) is 0 Å². The fourth-order valence-electron chi connectivity index (χ4n) is 3.50. The number of rotatable bonds is 6. The maximum atomic E-state index is 10.7. The number of nitrogens with zero attached hydrogens (tertiary/aromatic N) is 1. The Morgan fingerprint density at radius 2 is 2.05 bits per heavy atom. The minimum Gasteiger partial charge on any atom is -0.389 e. The second kappa shape index (κ2) is 7.23. The standard InChI is InChI=1S/C17H27BrN2O/c1-3-15(19)16(13-7-6-8-14(18)11-13)20(2)12-17(21)9-4-5-10-17/h6-8,11,15-16,21H,3-5,9-10,12,19H2,1-2H3. The average molecular weight is 355 g/mol. The molecule has 1 aliphatic rings. The lowest BCUT2D eigenvalue weighted by atomic mass is 9.94. The first-order chi connectivity index (χ1) is 9.95. The van der Waals surface area contributed by atoms with Crippen molar-refractivity contribution < 1.29 is 5.11 Å². The maximum absolute atomic E-state index is 10.7. The van der Waals surface area contributed by atoms with E-state index in [-0.39, 0.29) is 12.1 Å². The molecule has 0 bridgehead atoms. The van der Waals surface area contributed by atoms with Crippen LogP contribution in [0.1, 0.15) is 50.6 Å². The Morgan fingerprint density at radius 1 is 1.38 bits per heavy atom. The van der Waals surface area contributed by atoms with Gasteiger partial charge in [-0.2, -0.15) is 0 Å². The van der Waals surface area contributed by atoms with E-state index >= 15 is 0 Å². The quantitative estimate of drug-likeness (QED) is 0.822. The van der Waals surface area contributed by atoms with Crippen LogP contribution in [0.4, 0.5) is 0 Å². The molecular formula is C17H27BrN2O. The largest absolute Gasteiger partial charge is 0.389 e. The van der Waals surface area contributed by atoms with Gasteiger partial charge in [0, 0.05) is 23.1 Å². The van der Waals surface area contributed by atoms with Crippen LogP contribution in [0.25, 0.3) is 0 Å². The van der Waals surface area contributed by atoms with Gasteiger partial charge in [-0.15, -0.1) is 0 Å². The molecule has 2 unspecified atom stereocenters. The summed E-state index contributed by atoms with van der Waals surface area (Å²) in [5.41, 5.74) is 7.05. The molecule has 1 fully saturated rings. The van der Waals surface area contributed by atoms with Crippen molar-refractivity contribution in [1.82, 2.24) is 4.90 Å². The highest BCUT2D eigenvalue weighted by atomic mass is 79.9. The van der Waals surface area contributed by atoms with Crippen LogP contribution in [0.15, 0.2) is 28.7 Å². The molecule has 3 N–H and O–H groups in total. The number of benzene rings is 1. The van der Waals surface area contributed by atoms with Gasteiger partial charge in [-0.3, -0.25) is 4.90 Å². The number of halogens is 1. The zero-order valence-electron chi connectivity index (χ0n) is 13.1. The van der Waals surface area contributed by atoms with Gasteiger partial charge in [-0.05, 0) is 44.0 Å². The Balaban J connectivity index is 2.19. The van der Waals surface area contributed by atoms with Crippen LogP contribution in [-0.4, -0.2) is 35.2 Å². The minimum atomic E-state index is -0.535. The van der Waals surface area contributed by atoms with Crippen molar-refractivity contribution in [3.63, 3.8) is 0 Å².